The van der Waals surface area contributed by atoms with Crippen molar-refractivity contribution in [1.82, 2.24) is 14.8 Å². The quantitative estimate of drug-likeness (QED) is 0.757. The minimum Gasteiger partial charge on any atom is -0.494 e. The van der Waals surface area contributed by atoms with Crippen LogP contribution >= 0.6 is 0 Å². The van der Waals surface area contributed by atoms with Gasteiger partial charge in [0.1, 0.15) is 5.75 Å². The minimum atomic E-state index is -0.191. The zero-order valence-electron chi connectivity index (χ0n) is 17.6. The van der Waals surface area contributed by atoms with Gasteiger partial charge >= 0.3 is 0 Å². The zero-order valence-corrected chi connectivity index (χ0v) is 17.6. The lowest BCUT2D eigenvalue weighted by atomic mass is 9.83. The van der Waals surface area contributed by atoms with Gasteiger partial charge in [0.2, 0.25) is 0 Å². The maximum Gasteiger partial charge on any atom is 0.123 e. The normalized spacial score (nSPS) is 31.1. The smallest absolute Gasteiger partial charge is 0.123 e. The van der Waals surface area contributed by atoms with Gasteiger partial charge in [-0.2, -0.15) is 0 Å². The molecular formula is C24H31N3O3. The molecule has 160 valence electrons. The number of likely N-dealkylation sites (tertiary alicyclic amines) is 2. The van der Waals surface area contributed by atoms with Crippen LogP contribution in [0.2, 0.25) is 0 Å². The standard InChI is InChI=1S/C24H31N3O3/c1-2-29-22-6-4-3-5-19(22)12-27-13-21-20(15-28)23-14-26(16-24(21,17-27)30-23)11-18-7-9-25-10-8-18/h3-10,20-21,23,28H,2,11-17H2,1H3/t20-,21+,23+,24+/m0/s1. The first kappa shape index (κ1) is 19.9. The second kappa shape index (κ2) is 8.27. The fourth-order valence-electron chi connectivity index (χ4n) is 5.78. The van der Waals surface area contributed by atoms with Crippen LogP contribution in [0.15, 0.2) is 48.8 Å². The van der Waals surface area contributed by atoms with E-state index in [2.05, 4.69) is 39.0 Å². The second-order valence-corrected chi connectivity index (χ2v) is 8.91. The molecule has 1 aromatic carbocycles. The van der Waals surface area contributed by atoms with Gasteiger partial charge in [0.25, 0.3) is 0 Å². The number of hydrogen-bond acceptors (Lipinski definition) is 6. The molecule has 5 rings (SSSR count). The monoisotopic (exact) mass is 409 g/mol. The van der Waals surface area contributed by atoms with E-state index in [0.717, 1.165) is 45.0 Å². The van der Waals surface area contributed by atoms with Crippen LogP contribution in [0.3, 0.4) is 0 Å². The molecule has 2 aromatic rings. The number of aromatic nitrogens is 1. The van der Waals surface area contributed by atoms with Crippen LogP contribution in [0.1, 0.15) is 18.1 Å². The molecule has 30 heavy (non-hydrogen) atoms. The lowest BCUT2D eigenvalue weighted by molar-refractivity contribution is -0.120. The van der Waals surface area contributed by atoms with Crippen molar-refractivity contribution >= 4 is 0 Å². The third-order valence-corrected chi connectivity index (χ3v) is 6.96. The number of benzene rings is 1. The van der Waals surface area contributed by atoms with E-state index in [1.165, 1.54) is 11.1 Å². The Balaban J connectivity index is 1.33. The number of fused-ring (bicyclic) bond motifs is 1. The summed E-state index contributed by atoms with van der Waals surface area (Å²) < 4.78 is 12.5. The summed E-state index contributed by atoms with van der Waals surface area (Å²) in [5.41, 5.74) is 2.31. The molecule has 3 aliphatic heterocycles. The number of aliphatic hydroxyl groups is 1. The molecule has 0 aliphatic carbocycles. The first-order valence-electron chi connectivity index (χ1n) is 11.0. The van der Waals surface area contributed by atoms with Gasteiger partial charge in [-0.3, -0.25) is 14.8 Å². The van der Waals surface area contributed by atoms with E-state index in [1.807, 2.05) is 31.5 Å². The molecule has 4 heterocycles. The number of aliphatic hydroxyl groups excluding tert-OH is 1. The Hall–Kier alpha value is -1.99. The second-order valence-electron chi connectivity index (χ2n) is 8.91. The molecule has 0 saturated carbocycles. The van der Waals surface area contributed by atoms with E-state index in [0.29, 0.717) is 12.5 Å². The molecule has 1 spiro atoms. The van der Waals surface area contributed by atoms with Crippen molar-refractivity contribution in [3.63, 3.8) is 0 Å². The van der Waals surface area contributed by atoms with Crippen LogP contribution in [0.25, 0.3) is 0 Å². The van der Waals surface area contributed by atoms with Gasteiger partial charge in [-0.1, -0.05) is 18.2 Å². The van der Waals surface area contributed by atoms with E-state index < -0.39 is 0 Å². The van der Waals surface area contributed by atoms with Crippen LogP contribution in [-0.2, 0) is 17.8 Å². The molecular weight excluding hydrogens is 378 g/mol. The third kappa shape index (κ3) is 3.62. The van der Waals surface area contributed by atoms with Gasteiger partial charge < -0.3 is 14.6 Å². The molecule has 2 bridgehead atoms. The average Bonchev–Trinajstić information content (AvgIpc) is 3.17. The Bertz CT molecular complexity index is 864. The lowest BCUT2D eigenvalue weighted by Crippen LogP contribution is -2.53. The predicted molar refractivity (Wildman–Crippen MR) is 114 cm³/mol. The van der Waals surface area contributed by atoms with Gasteiger partial charge in [-0.15, -0.1) is 0 Å². The Morgan fingerprint density at radius 2 is 1.87 bits per heavy atom. The predicted octanol–water partition coefficient (Wildman–Crippen LogP) is 2.17. The van der Waals surface area contributed by atoms with Crippen LogP contribution in [-0.4, -0.2) is 71.0 Å². The van der Waals surface area contributed by atoms with E-state index in [1.54, 1.807) is 0 Å². The Morgan fingerprint density at radius 1 is 1.10 bits per heavy atom. The highest BCUT2D eigenvalue weighted by atomic mass is 16.5. The van der Waals surface area contributed by atoms with Crippen molar-refractivity contribution in [1.29, 1.82) is 0 Å². The number of para-hydroxylation sites is 1. The topological polar surface area (TPSA) is 58.1 Å². The van der Waals surface area contributed by atoms with Crippen molar-refractivity contribution in [3.05, 3.63) is 59.9 Å². The Kier molecular flexibility index (Phi) is 5.50. The number of rotatable bonds is 7. The zero-order chi connectivity index (χ0) is 20.6. The maximum absolute atomic E-state index is 10.2. The van der Waals surface area contributed by atoms with Gasteiger partial charge in [0.15, 0.2) is 0 Å². The van der Waals surface area contributed by atoms with Crippen LogP contribution < -0.4 is 4.74 Å². The van der Waals surface area contributed by atoms with Crippen molar-refractivity contribution in [2.45, 2.75) is 31.7 Å². The van der Waals surface area contributed by atoms with Crippen LogP contribution in [0.5, 0.6) is 5.75 Å². The third-order valence-electron chi connectivity index (χ3n) is 6.96. The average molecular weight is 410 g/mol. The number of morpholine rings is 1. The van der Waals surface area contributed by atoms with Gasteiger partial charge in [0.05, 0.1) is 18.3 Å². The molecule has 3 saturated heterocycles. The fourth-order valence-corrected chi connectivity index (χ4v) is 5.78. The first-order valence-corrected chi connectivity index (χ1v) is 11.0. The highest BCUT2D eigenvalue weighted by molar-refractivity contribution is 5.33. The summed E-state index contributed by atoms with van der Waals surface area (Å²) >= 11 is 0. The Labute approximate surface area is 178 Å². The summed E-state index contributed by atoms with van der Waals surface area (Å²) in [5.74, 6) is 1.55. The van der Waals surface area contributed by atoms with Crippen LogP contribution in [0.4, 0.5) is 0 Å². The largest absolute Gasteiger partial charge is 0.494 e. The van der Waals surface area contributed by atoms with Gasteiger partial charge in [0, 0.05) is 75.7 Å². The van der Waals surface area contributed by atoms with E-state index >= 15 is 0 Å². The summed E-state index contributed by atoms with van der Waals surface area (Å²) in [4.78, 5) is 9.12. The van der Waals surface area contributed by atoms with Crippen molar-refractivity contribution in [2.75, 3.05) is 39.4 Å². The SMILES string of the molecule is CCOc1ccccc1CN1C[C@@H]2[C@H](CO)[C@H]3CN(Cc4ccncc4)C[C@]2(C1)O3. The Morgan fingerprint density at radius 3 is 2.63 bits per heavy atom. The molecule has 6 nitrogen and oxygen atoms in total. The van der Waals surface area contributed by atoms with E-state index in [9.17, 15) is 5.11 Å². The summed E-state index contributed by atoms with van der Waals surface area (Å²) in [6, 6.07) is 12.5. The number of hydrogen-bond donors (Lipinski definition) is 1. The summed E-state index contributed by atoms with van der Waals surface area (Å²) in [6.07, 6.45) is 3.83. The summed E-state index contributed by atoms with van der Waals surface area (Å²) in [7, 11) is 0. The van der Waals surface area contributed by atoms with E-state index in [4.69, 9.17) is 9.47 Å². The van der Waals surface area contributed by atoms with E-state index in [-0.39, 0.29) is 24.2 Å². The summed E-state index contributed by atoms with van der Waals surface area (Å²) in [5, 5.41) is 10.2. The molecule has 0 amide bonds. The molecule has 0 unspecified atom stereocenters. The number of ether oxygens (including phenoxy) is 2. The minimum absolute atomic E-state index is 0.119. The van der Waals surface area contributed by atoms with Crippen LogP contribution in [0, 0.1) is 11.8 Å². The molecule has 3 fully saturated rings. The fraction of sp³-hybridized carbons (Fsp3) is 0.542. The molecule has 4 atom stereocenters. The molecule has 3 aliphatic rings. The molecule has 0 radical (unpaired) electrons. The molecule has 1 aromatic heterocycles. The number of pyridine rings is 1. The summed E-state index contributed by atoms with van der Waals surface area (Å²) in [6.45, 7) is 8.32. The molecule has 1 N–H and O–H groups in total. The first-order chi connectivity index (χ1) is 14.7. The lowest BCUT2D eigenvalue weighted by Gasteiger charge is -2.40. The van der Waals surface area contributed by atoms with Gasteiger partial charge in [-0.25, -0.2) is 0 Å². The van der Waals surface area contributed by atoms with Crippen molar-refractivity contribution in [2.24, 2.45) is 11.8 Å². The highest BCUT2D eigenvalue weighted by Gasteiger charge is 2.61. The van der Waals surface area contributed by atoms with Gasteiger partial charge in [-0.05, 0) is 30.7 Å². The molecule has 6 heteroatoms. The maximum atomic E-state index is 10.2. The number of nitrogens with zero attached hydrogens (tertiary/aromatic N) is 3. The van der Waals surface area contributed by atoms with Crippen molar-refractivity contribution < 1.29 is 14.6 Å². The highest BCUT2D eigenvalue weighted by Crippen LogP contribution is 2.49. The van der Waals surface area contributed by atoms with Crippen molar-refractivity contribution in [3.8, 4) is 5.75 Å².